The number of hydrogen-bond donors (Lipinski definition) is 1. The van der Waals surface area contributed by atoms with Crippen molar-refractivity contribution in [1.82, 2.24) is 14.5 Å². The predicted molar refractivity (Wildman–Crippen MR) is 107 cm³/mol. The van der Waals surface area contributed by atoms with Gasteiger partial charge in [0.1, 0.15) is 11.9 Å². The summed E-state index contributed by atoms with van der Waals surface area (Å²) in [5, 5.41) is 0.0644. The first kappa shape index (κ1) is 22.7. The number of rotatable bonds is 5. The lowest BCUT2D eigenvalue weighted by molar-refractivity contribution is -0.153. The Bertz CT molecular complexity index is 1260. The summed E-state index contributed by atoms with van der Waals surface area (Å²) in [6.07, 6.45) is -5.82. The minimum absolute atomic E-state index is 0.0370. The molecule has 0 amide bonds. The van der Waals surface area contributed by atoms with Crippen molar-refractivity contribution in [3.63, 3.8) is 0 Å². The lowest BCUT2D eigenvalue weighted by atomic mass is 9.94. The van der Waals surface area contributed by atoms with E-state index >= 15 is 0 Å². The second kappa shape index (κ2) is 8.49. The second-order valence-corrected chi connectivity index (χ2v) is 7.69. The lowest BCUT2D eigenvalue weighted by Gasteiger charge is -2.28. The van der Waals surface area contributed by atoms with E-state index in [1.807, 2.05) is 0 Å². The molecular formula is C21H18F5N3O4. The van der Waals surface area contributed by atoms with E-state index in [2.05, 4.69) is 14.7 Å². The molecule has 0 bridgehead atoms. The molecule has 1 saturated carbocycles. The highest BCUT2D eigenvalue weighted by Gasteiger charge is 2.36. The molecule has 12 heteroatoms. The average Bonchev–Trinajstić information content (AvgIpc) is 2.74. The molecule has 1 aliphatic rings. The summed E-state index contributed by atoms with van der Waals surface area (Å²) in [5.41, 5.74) is -0.945. The summed E-state index contributed by atoms with van der Waals surface area (Å²) < 4.78 is 75.7. The molecule has 2 aromatic heterocycles. The predicted octanol–water partition coefficient (Wildman–Crippen LogP) is 3.97. The SMILES string of the molecule is O=c1ccc2c(=O)n(-c3ccc(OCC(F)(F)F)cc3)c(OC3CCC(F)(F)CC3)nc2[nH]1. The Morgan fingerprint density at radius 2 is 1.73 bits per heavy atom. The van der Waals surface area contributed by atoms with E-state index in [1.165, 1.54) is 30.3 Å². The molecule has 33 heavy (non-hydrogen) atoms. The zero-order chi connectivity index (χ0) is 23.8. The van der Waals surface area contributed by atoms with Crippen LogP contribution in [0.1, 0.15) is 25.7 Å². The van der Waals surface area contributed by atoms with Crippen LogP contribution in [0.15, 0.2) is 46.0 Å². The fraction of sp³-hybridized carbons (Fsp3) is 0.381. The van der Waals surface area contributed by atoms with Gasteiger partial charge in [0.2, 0.25) is 11.5 Å². The van der Waals surface area contributed by atoms with Crippen LogP contribution in [-0.4, -0.2) is 39.3 Å². The van der Waals surface area contributed by atoms with Crippen molar-refractivity contribution < 1.29 is 31.4 Å². The molecular weight excluding hydrogens is 453 g/mol. The molecule has 0 radical (unpaired) electrons. The summed E-state index contributed by atoms with van der Waals surface area (Å²) in [6.45, 7) is -1.47. The van der Waals surface area contributed by atoms with E-state index in [9.17, 15) is 31.5 Å². The highest BCUT2D eigenvalue weighted by atomic mass is 19.4. The molecule has 0 aliphatic heterocycles. The number of benzene rings is 1. The van der Waals surface area contributed by atoms with E-state index in [1.54, 1.807) is 0 Å². The van der Waals surface area contributed by atoms with Gasteiger partial charge in [0.25, 0.3) is 5.56 Å². The van der Waals surface area contributed by atoms with Crippen LogP contribution in [0.2, 0.25) is 0 Å². The molecule has 3 aromatic rings. The lowest BCUT2D eigenvalue weighted by Crippen LogP contribution is -2.33. The summed E-state index contributed by atoms with van der Waals surface area (Å²) in [6, 6.07) is 7.38. The largest absolute Gasteiger partial charge is 0.484 e. The van der Waals surface area contributed by atoms with Crippen LogP contribution in [-0.2, 0) is 0 Å². The smallest absolute Gasteiger partial charge is 0.422 e. The molecule has 1 aromatic carbocycles. The Morgan fingerprint density at radius 1 is 1.06 bits per heavy atom. The van der Waals surface area contributed by atoms with Crippen LogP contribution >= 0.6 is 0 Å². The fourth-order valence-electron chi connectivity index (χ4n) is 3.52. The topological polar surface area (TPSA) is 86.2 Å². The van der Waals surface area contributed by atoms with E-state index < -0.39 is 35.9 Å². The molecule has 1 N–H and O–H groups in total. The first-order valence-electron chi connectivity index (χ1n) is 10.0. The third-order valence-corrected chi connectivity index (χ3v) is 5.16. The normalized spacial score (nSPS) is 16.6. The van der Waals surface area contributed by atoms with Crippen molar-refractivity contribution >= 4 is 11.0 Å². The van der Waals surface area contributed by atoms with E-state index in [0.29, 0.717) is 0 Å². The van der Waals surface area contributed by atoms with Crippen LogP contribution in [0, 0.1) is 0 Å². The van der Waals surface area contributed by atoms with Crippen LogP contribution in [0.3, 0.4) is 0 Å². The Labute approximate surface area is 182 Å². The first-order valence-corrected chi connectivity index (χ1v) is 10.0. The maximum absolute atomic E-state index is 13.5. The van der Waals surface area contributed by atoms with Crippen LogP contribution in [0.4, 0.5) is 22.0 Å². The number of H-pyrrole nitrogens is 1. The number of pyridine rings is 1. The van der Waals surface area contributed by atoms with E-state index in [-0.39, 0.29) is 54.2 Å². The number of aromatic amines is 1. The zero-order valence-corrected chi connectivity index (χ0v) is 17.0. The fourth-order valence-corrected chi connectivity index (χ4v) is 3.52. The average molecular weight is 471 g/mol. The number of hydrogen-bond acceptors (Lipinski definition) is 5. The van der Waals surface area contributed by atoms with Crippen molar-refractivity contribution in [2.45, 2.75) is 43.9 Å². The number of ether oxygens (including phenoxy) is 2. The van der Waals surface area contributed by atoms with Gasteiger partial charge in [0.05, 0.1) is 11.1 Å². The highest BCUT2D eigenvalue weighted by molar-refractivity contribution is 5.74. The van der Waals surface area contributed by atoms with Crippen molar-refractivity contribution in [1.29, 1.82) is 0 Å². The second-order valence-electron chi connectivity index (χ2n) is 7.69. The summed E-state index contributed by atoms with van der Waals surface area (Å²) in [7, 11) is 0. The molecule has 0 atom stereocenters. The Balaban J connectivity index is 1.72. The van der Waals surface area contributed by atoms with Gasteiger partial charge in [-0.2, -0.15) is 18.2 Å². The molecule has 7 nitrogen and oxygen atoms in total. The quantitative estimate of drug-likeness (QED) is 0.570. The number of nitrogens with zero attached hydrogens (tertiary/aromatic N) is 2. The monoisotopic (exact) mass is 471 g/mol. The number of alkyl halides is 5. The number of nitrogens with one attached hydrogen (secondary N) is 1. The Hall–Kier alpha value is -3.44. The minimum atomic E-state index is -4.51. The van der Waals surface area contributed by atoms with Crippen LogP contribution in [0.25, 0.3) is 16.7 Å². The van der Waals surface area contributed by atoms with Gasteiger partial charge in [-0.3, -0.25) is 9.59 Å². The highest BCUT2D eigenvalue weighted by Crippen LogP contribution is 2.35. The van der Waals surface area contributed by atoms with Crippen molar-refractivity contribution in [3.05, 3.63) is 57.1 Å². The van der Waals surface area contributed by atoms with Gasteiger partial charge in [-0.25, -0.2) is 13.3 Å². The molecule has 1 aliphatic carbocycles. The van der Waals surface area contributed by atoms with Gasteiger partial charge in [0, 0.05) is 18.9 Å². The van der Waals surface area contributed by atoms with Crippen molar-refractivity contribution in [2.24, 2.45) is 0 Å². The first-order chi connectivity index (χ1) is 15.5. The van der Waals surface area contributed by atoms with Gasteiger partial charge in [-0.15, -0.1) is 0 Å². The molecule has 0 spiro atoms. The number of halogens is 5. The van der Waals surface area contributed by atoms with Gasteiger partial charge < -0.3 is 14.5 Å². The third kappa shape index (κ3) is 5.32. The molecule has 176 valence electrons. The van der Waals surface area contributed by atoms with Crippen molar-refractivity contribution in [3.8, 4) is 17.4 Å². The van der Waals surface area contributed by atoms with Crippen LogP contribution in [0.5, 0.6) is 11.8 Å². The molecule has 0 unspecified atom stereocenters. The number of fused-ring (bicyclic) bond motifs is 1. The summed E-state index contributed by atoms with van der Waals surface area (Å²) in [4.78, 5) is 31.5. The van der Waals surface area contributed by atoms with Gasteiger partial charge in [-0.05, 0) is 43.2 Å². The van der Waals surface area contributed by atoms with Gasteiger partial charge in [-0.1, -0.05) is 0 Å². The number of aromatic nitrogens is 3. The standard InChI is InChI=1S/C21H18F5N3O4/c22-20(23)9-7-14(8-10-20)33-19-28-17-15(5-6-16(30)27-17)18(31)29(19)12-1-3-13(4-2-12)32-11-21(24,25)26/h1-6,14H,7-11H2,(H,27,30). The van der Waals surface area contributed by atoms with Gasteiger partial charge in [0.15, 0.2) is 12.3 Å². The summed E-state index contributed by atoms with van der Waals surface area (Å²) >= 11 is 0. The minimum Gasteiger partial charge on any atom is -0.484 e. The van der Waals surface area contributed by atoms with Crippen LogP contribution < -0.4 is 20.6 Å². The third-order valence-electron chi connectivity index (χ3n) is 5.16. The molecule has 1 fully saturated rings. The van der Waals surface area contributed by atoms with E-state index in [0.717, 1.165) is 10.6 Å². The Kier molecular flexibility index (Phi) is 5.85. The summed E-state index contributed by atoms with van der Waals surface area (Å²) in [5.74, 6) is -2.85. The molecule has 4 rings (SSSR count). The molecule has 0 saturated heterocycles. The van der Waals surface area contributed by atoms with Gasteiger partial charge >= 0.3 is 12.2 Å². The maximum Gasteiger partial charge on any atom is 0.422 e. The zero-order valence-electron chi connectivity index (χ0n) is 17.0. The van der Waals surface area contributed by atoms with Crippen molar-refractivity contribution in [2.75, 3.05) is 6.61 Å². The van der Waals surface area contributed by atoms with E-state index in [4.69, 9.17) is 4.74 Å². The Morgan fingerprint density at radius 3 is 2.36 bits per heavy atom. The molecule has 2 heterocycles. The maximum atomic E-state index is 13.5.